The summed E-state index contributed by atoms with van der Waals surface area (Å²) in [5.41, 5.74) is 0.961. The Morgan fingerprint density at radius 2 is 1.65 bits per heavy atom. The predicted octanol–water partition coefficient (Wildman–Crippen LogP) is 4.87. The van der Waals surface area contributed by atoms with Gasteiger partial charge in [0.15, 0.2) is 5.58 Å². The summed E-state index contributed by atoms with van der Waals surface area (Å²) in [5, 5.41) is 25.1. The molecule has 0 saturated carbocycles. The number of carbonyl (C=O) groups is 1. The molecule has 0 unspecified atom stereocenters. The maximum atomic E-state index is 12.7. The summed E-state index contributed by atoms with van der Waals surface area (Å²) in [5.74, 6) is -0.361. The second kappa shape index (κ2) is 7.67. The summed E-state index contributed by atoms with van der Waals surface area (Å²) < 4.78 is 5.72. The molecule has 1 amide bonds. The molecule has 0 saturated heterocycles. The van der Waals surface area contributed by atoms with Gasteiger partial charge in [-0.05, 0) is 37.3 Å². The minimum absolute atomic E-state index is 0.121. The third-order valence-electron chi connectivity index (χ3n) is 4.67. The Balaban J connectivity index is 1.66. The molecule has 0 aliphatic rings. The first kappa shape index (κ1) is 19.7. The number of nitro groups is 2. The number of rotatable bonds is 5. The summed E-state index contributed by atoms with van der Waals surface area (Å²) in [6, 6.07) is 16.0. The minimum Gasteiger partial charge on any atom is -0.436 e. The summed E-state index contributed by atoms with van der Waals surface area (Å²) in [7, 11) is 0. The molecule has 0 atom stereocenters. The molecule has 0 bridgehead atoms. The van der Waals surface area contributed by atoms with Crippen molar-refractivity contribution in [1.82, 2.24) is 4.98 Å². The third kappa shape index (κ3) is 3.81. The van der Waals surface area contributed by atoms with Crippen molar-refractivity contribution in [1.29, 1.82) is 0 Å². The zero-order valence-electron chi connectivity index (χ0n) is 16.1. The molecule has 1 heterocycles. The number of amides is 1. The van der Waals surface area contributed by atoms with Crippen molar-refractivity contribution < 1.29 is 19.1 Å². The standard InChI is InChI=1S/C21H14N4O6/c1-12-17(24(27)28)10-14(11-18(12)25(29)30)20(26)22-15-6-4-5-13(9-15)21-23-16-7-2-3-8-19(16)31-21/h2-11H,1H3,(H,22,26). The number of nitro benzene ring substituents is 2. The van der Waals surface area contributed by atoms with Crippen molar-refractivity contribution in [2.24, 2.45) is 0 Å². The fourth-order valence-electron chi connectivity index (χ4n) is 3.12. The van der Waals surface area contributed by atoms with Crippen LogP contribution >= 0.6 is 0 Å². The molecule has 0 spiro atoms. The van der Waals surface area contributed by atoms with Gasteiger partial charge < -0.3 is 9.73 Å². The Bertz CT molecular complexity index is 1290. The molecule has 31 heavy (non-hydrogen) atoms. The first-order chi connectivity index (χ1) is 14.8. The van der Waals surface area contributed by atoms with Crippen molar-refractivity contribution in [2.45, 2.75) is 6.92 Å². The predicted molar refractivity (Wildman–Crippen MR) is 112 cm³/mol. The van der Waals surface area contributed by atoms with E-state index in [9.17, 15) is 25.0 Å². The largest absolute Gasteiger partial charge is 0.436 e. The molecule has 0 aliphatic carbocycles. The van der Waals surface area contributed by atoms with Gasteiger partial charge in [0.1, 0.15) is 11.1 Å². The average molecular weight is 418 g/mol. The Labute approximate surface area is 174 Å². The first-order valence-electron chi connectivity index (χ1n) is 9.04. The Morgan fingerprint density at radius 3 is 2.29 bits per heavy atom. The molecular formula is C21H14N4O6. The fraction of sp³-hybridized carbons (Fsp3) is 0.0476. The molecule has 1 aromatic heterocycles. The van der Waals surface area contributed by atoms with Crippen molar-refractivity contribution in [3.63, 3.8) is 0 Å². The number of oxazole rings is 1. The van der Waals surface area contributed by atoms with E-state index in [2.05, 4.69) is 10.3 Å². The molecule has 10 nitrogen and oxygen atoms in total. The smallest absolute Gasteiger partial charge is 0.279 e. The van der Waals surface area contributed by atoms with Gasteiger partial charge in [-0.1, -0.05) is 18.2 Å². The fourth-order valence-corrected chi connectivity index (χ4v) is 3.12. The highest BCUT2D eigenvalue weighted by Crippen LogP contribution is 2.30. The lowest BCUT2D eigenvalue weighted by Gasteiger charge is -2.07. The lowest BCUT2D eigenvalue weighted by atomic mass is 10.1. The number of anilines is 1. The van der Waals surface area contributed by atoms with E-state index in [1.165, 1.54) is 6.92 Å². The number of benzene rings is 3. The van der Waals surface area contributed by atoms with Crippen LogP contribution in [0.15, 0.2) is 65.1 Å². The number of aromatic nitrogens is 1. The Hall–Kier alpha value is -4.60. The van der Waals surface area contributed by atoms with Crippen LogP contribution in [0.3, 0.4) is 0 Å². The first-order valence-corrected chi connectivity index (χ1v) is 9.04. The molecule has 1 N–H and O–H groups in total. The van der Waals surface area contributed by atoms with Gasteiger partial charge in [0.05, 0.1) is 15.4 Å². The molecule has 0 radical (unpaired) electrons. The lowest BCUT2D eigenvalue weighted by Crippen LogP contribution is -2.13. The summed E-state index contributed by atoms with van der Waals surface area (Å²) >= 11 is 0. The van der Waals surface area contributed by atoms with Crippen LogP contribution < -0.4 is 5.32 Å². The molecule has 3 aromatic carbocycles. The van der Waals surface area contributed by atoms with E-state index in [4.69, 9.17) is 4.42 Å². The molecule has 0 fully saturated rings. The van der Waals surface area contributed by atoms with Crippen LogP contribution in [0.2, 0.25) is 0 Å². The zero-order chi connectivity index (χ0) is 22.1. The minimum atomic E-state index is -0.757. The van der Waals surface area contributed by atoms with Gasteiger partial charge in [-0.3, -0.25) is 25.0 Å². The average Bonchev–Trinajstić information content (AvgIpc) is 3.18. The maximum absolute atomic E-state index is 12.7. The zero-order valence-corrected chi connectivity index (χ0v) is 16.1. The van der Waals surface area contributed by atoms with Crippen LogP contribution in [0.4, 0.5) is 17.1 Å². The number of para-hydroxylation sites is 2. The second-order valence-corrected chi connectivity index (χ2v) is 6.68. The SMILES string of the molecule is Cc1c([N+](=O)[O-])cc(C(=O)Nc2cccc(-c3nc4ccccc4o3)c2)cc1[N+](=O)[O-]. The van der Waals surface area contributed by atoms with E-state index in [-0.39, 0.29) is 11.1 Å². The topological polar surface area (TPSA) is 141 Å². The summed E-state index contributed by atoms with van der Waals surface area (Å²) in [6.45, 7) is 1.27. The van der Waals surface area contributed by atoms with Gasteiger partial charge >= 0.3 is 0 Å². The van der Waals surface area contributed by atoms with E-state index in [0.29, 0.717) is 28.2 Å². The number of hydrogen-bond acceptors (Lipinski definition) is 7. The van der Waals surface area contributed by atoms with Gasteiger partial charge in [-0.2, -0.15) is 0 Å². The second-order valence-electron chi connectivity index (χ2n) is 6.68. The van der Waals surface area contributed by atoms with Crippen LogP contribution in [-0.2, 0) is 0 Å². The lowest BCUT2D eigenvalue weighted by molar-refractivity contribution is -0.395. The van der Waals surface area contributed by atoms with Gasteiger partial charge in [0.25, 0.3) is 17.3 Å². The highest BCUT2D eigenvalue weighted by atomic mass is 16.6. The highest BCUT2D eigenvalue weighted by Gasteiger charge is 2.25. The van der Waals surface area contributed by atoms with E-state index in [0.717, 1.165) is 12.1 Å². The van der Waals surface area contributed by atoms with Crippen LogP contribution in [-0.4, -0.2) is 20.7 Å². The molecule has 4 aromatic rings. The van der Waals surface area contributed by atoms with Crippen molar-refractivity contribution in [3.05, 3.63) is 92.0 Å². The molecule has 0 aliphatic heterocycles. The van der Waals surface area contributed by atoms with E-state index in [1.54, 1.807) is 30.3 Å². The monoisotopic (exact) mass is 418 g/mol. The van der Waals surface area contributed by atoms with Crippen LogP contribution in [0.5, 0.6) is 0 Å². The van der Waals surface area contributed by atoms with Crippen LogP contribution in [0.1, 0.15) is 15.9 Å². The van der Waals surface area contributed by atoms with Crippen LogP contribution in [0, 0.1) is 27.2 Å². The Kier molecular flexibility index (Phi) is 4.88. The normalized spacial score (nSPS) is 10.7. The quantitative estimate of drug-likeness (QED) is 0.360. The van der Waals surface area contributed by atoms with E-state index < -0.39 is 27.1 Å². The van der Waals surface area contributed by atoms with Crippen LogP contribution in [0.25, 0.3) is 22.6 Å². The van der Waals surface area contributed by atoms with Crippen molar-refractivity contribution >= 4 is 34.1 Å². The maximum Gasteiger partial charge on any atom is 0.279 e. The Morgan fingerprint density at radius 1 is 0.968 bits per heavy atom. The number of nitrogens with zero attached hydrogens (tertiary/aromatic N) is 3. The number of carbonyl (C=O) groups excluding carboxylic acids is 1. The summed E-state index contributed by atoms with van der Waals surface area (Å²) in [6.07, 6.45) is 0. The van der Waals surface area contributed by atoms with E-state index in [1.807, 2.05) is 18.2 Å². The third-order valence-corrected chi connectivity index (χ3v) is 4.67. The molecule has 4 rings (SSSR count). The number of fused-ring (bicyclic) bond motifs is 1. The van der Waals surface area contributed by atoms with Gasteiger partial charge in [-0.25, -0.2) is 4.98 Å². The number of hydrogen-bond donors (Lipinski definition) is 1. The van der Waals surface area contributed by atoms with E-state index >= 15 is 0 Å². The molecule has 10 heteroatoms. The highest BCUT2D eigenvalue weighted by molar-refractivity contribution is 6.05. The van der Waals surface area contributed by atoms with Crippen molar-refractivity contribution in [2.75, 3.05) is 5.32 Å². The molecular weight excluding hydrogens is 404 g/mol. The van der Waals surface area contributed by atoms with Crippen molar-refractivity contribution in [3.8, 4) is 11.5 Å². The van der Waals surface area contributed by atoms with Gasteiger partial charge in [0, 0.05) is 23.4 Å². The van der Waals surface area contributed by atoms with Gasteiger partial charge in [-0.15, -0.1) is 0 Å². The van der Waals surface area contributed by atoms with Gasteiger partial charge in [0.2, 0.25) is 5.89 Å². The summed E-state index contributed by atoms with van der Waals surface area (Å²) in [4.78, 5) is 38.0. The molecule has 154 valence electrons. The number of nitrogens with one attached hydrogen (secondary N) is 1.